The van der Waals surface area contributed by atoms with Crippen LogP contribution in [-0.4, -0.2) is 12.9 Å². The molecule has 1 heterocycles. The first-order chi connectivity index (χ1) is 2.39. The van der Waals surface area contributed by atoms with Gasteiger partial charge in [0.2, 0.25) is 0 Å². The van der Waals surface area contributed by atoms with Crippen molar-refractivity contribution < 1.29 is 9.84 Å². The van der Waals surface area contributed by atoms with E-state index in [2.05, 4.69) is 4.74 Å². The van der Waals surface area contributed by atoms with E-state index in [1.165, 1.54) is 0 Å². The average molecular weight is 73.1 g/mol. The third-order valence-electron chi connectivity index (χ3n) is 0.657. The van der Waals surface area contributed by atoms with Gasteiger partial charge in [0.1, 0.15) is 0 Å². The Hall–Kier alpha value is -0.0800. The van der Waals surface area contributed by atoms with Gasteiger partial charge in [-0.15, -0.1) is 0 Å². The van der Waals surface area contributed by atoms with Crippen molar-refractivity contribution >= 4 is 0 Å². The van der Waals surface area contributed by atoms with Crippen LogP contribution >= 0.6 is 0 Å². The van der Waals surface area contributed by atoms with E-state index >= 15 is 0 Å². The summed E-state index contributed by atoms with van der Waals surface area (Å²) in [6.45, 7) is 0.675. The topological polar surface area (TPSA) is 29.1 Å². The van der Waals surface area contributed by atoms with Crippen molar-refractivity contribution in [2.75, 3.05) is 6.61 Å². The minimum atomic E-state index is -0.685. The largest absolute Gasteiger partial charge is 0.349 e. The lowest BCUT2D eigenvalue weighted by Gasteiger charge is -2.16. The van der Waals surface area contributed by atoms with Crippen molar-refractivity contribution in [3.8, 4) is 0 Å². The fourth-order valence-corrected chi connectivity index (χ4v) is 0.214. The highest BCUT2D eigenvalue weighted by molar-refractivity contribution is 4.48. The van der Waals surface area contributed by atoms with Crippen molar-refractivity contribution in [3.63, 3.8) is 0 Å². The molecule has 1 saturated heterocycles. The Labute approximate surface area is 30.4 Å². The summed E-state index contributed by atoms with van der Waals surface area (Å²) >= 11 is 0. The van der Waals surface area contributed by atoms with Crippen LogP contribution in [-0.2, 0) is 9.84 Å². The maximum atomic E-state index is 9.76. The number of ether oxygens (including phenoxy) is 1. The zero-order chi connectivity index (χ0) is 3.70. The highest BCUT2D eigenvalue weighted by atomic mass is 16.6. The van der Waals surface area contributed by atoms with Crippen LogP contribution in [0, 0.1) is 0 Å². The van der Waals surface area contributed by atoms with Gasteiger partial charge in [0.25, 0.3) is 0 Å². The Morgan fingerprint density at radius 2 is 2.20 bits per heavy atom. The molecule has 0 saturated carbocycles. The molecule has 0 aromatic heterocycles. The molecule has 1 atom stereocenters. The Balaban J connectivity index is 2.08. The summed E-state index contributed by atoms with van der Waals surface area (Å²) in [4.78, 5) is 0. The molecular formula is C3H5O2. The van der Waals surface area contributed by atoms with Crippen molar-refractivity contribution in [2.45, 2.75) is 12.7 Å². The van der Waals surface area contributed by atoms with Crippen LogP contribution in [0.4, 0.5) is 0 Å². The molecule has 1 aliphatic rings. The van der Waals surface area contributed by atoms with Gasteiger partial charge < -0.3 is 4.74 Å². The summed E-state index contributed by atoms with van der Waals surface area (Å²) in [6.07, 6.45) is 0.0231. The molecule has 0 bridgehead atoms. The Morgan fingerprint density at radius 1 is 1.80 bits per heavy atom. The van der Waals surface area contributed by atoms with Crippen molar-refractivity contribution in [1.82, 2.24) is 0 Å². The molecular weight excluding hydrogens is 68.0 g/mol. The lowest BCUT2D eigenvalue weighted by molar-refractivity contribution is -0.215. The van der Waals surface area contributed by atoms with Gasteiger partial charge in [-0.3, -0.25) is 0 Å². The van der Waals surface area contributed by atoms with E-state index in [1.54, 1.807) is 0 Å². The predicted octanol–water partition coefficient (Wildman–Crippen LogP) is 0.163. The fraction of sp³-hybridized carbons (Fsp3) is 1.00. The van der Waals surface area contributed by atoms with Crippen LogP contribution < -0.4 is 0 Å². The normalized spacial score (nSPS) is 36.6. The summed E-state index contributed by atoms with van der Waals surface area (Å²) in [5, 5.41) is 9.76. The molecule has 0 unspecified atom stereocenters. The van der Waals surface area contributed by atoms with Crippen LogP contribution in [0.1, 0.15) is 6.42 Å². The van der Waals surface area contributed by atoms with Crippen LogP contribution in [0.5, 0.6) is 0 Å². The molecule has 1 rings (SSSR count). The molecule has 29 valence electrons. The first kappa shape index (κ1) is 3.12. The molecule has 1 aliphatic heterocycles. The quantitative estimate of drug-likeness (QED) is 0.401. The average Bonchev–Trinajstić information content (AvgIpc) is 1.30. The monoisotopic (exact) mass is 73.0 g/mol. The predicted molar refractivity (Wildman–Crippen MR) is 15.0 cm³/mol. The van der Waals surface area contributed by atoms with Gasteiger partial charge in [-0.05, 0) is 0 Å². The molecule has 0 aromatic rings. The zero-order valence-electron chi connectivity index (χ0n) is 2.81. The van der Waals surface area contributed by atoms with Crippen LogP contribution in [0.2, 0.25) is 0 Å². The molecule has 2 heteroatoms. The van der Waals surface area contributed by atoms with E-state index in [9.17, 15) is 5.11 Å². The van der Waals surface area contributed by atoms with E-state index in [0.29, 0.717) is 13.0 Å². The molecule has 1 fully saturated rings. The Morgan fingerprint density at radius 3 is 2.20 bits per heavy atom. The first-order valence-corrected chi connectivity index (χ1v) is 1.67. The maximum Gasteiger partial charge on any atom is 0.193 e. The van der Waals surface area contributed by atoms with Crippen molar-refractivity contribution in [1.29, 1.82) is 0 Å². The number of hydrogen-bond acceptors (Lipinski definition) is 1. The maximum absolute atomic E-state index is 9.76. The summed E-state index contributed by atoms with van der Waals surface area (Å²) in [6, 6.07) is 0. The molecule has 0 N–H and O–H groups in total. The van der Waals surface area contributed by atoms with Gasteiger partial charge in [0, 0.05) is 6.42 Å². The minimum absolute atomic E-state index is 0.675. The standard InChI is InChI=1S/C3H5O2/c4-3-1-2-5-3/h3H,1-2H2/t3-/m0/s1. The van der Waals surface area contributed by atoms with Gasteiger partial charge in [0.05, 0.1) is 6.61 Å². The fourth-order valence-electron chi connectivity index (χ4n) is 0.214. The second-order valence-corrected chi connectivity index (χ2v) is 1.09. The van der Waals surface area contributed by atoms with E-state index in [0.717, 1.165) is 0 Å². The lowest BCUT2D eigenvalue weighted by atomic mass is 10.4. The van der Waals surface area contributed by atoms with E-state index in [4.69, 9.17) is 0 Å². The first-order valence-electron chi connectivity index (χ1n) is 1.67. The molecule has 5 heavy (non-hydrogen) atoms. The highest BCUT2D eigenvalue weighted by Gasteiger charge is 2.14. The van der Waals surface area contributed by atoms with Crippen LogP contribution in [0.25, 0.3) is 0 Å². The van der Waals surface area contributed by atoms with E-state index in [-0.39, 0.29) is 0 Å². The second-order valence-electron chi connectivity index (χ2n) is 1.09. The molecule has 0 aliphatic carbocycles. The van der Waals surface area contributed by atoms with Crippen LogP contribution in [0.3, 0.4) is 0 Å². The molecule has 1 radical (unpaired) electrons. The molecule has 0 aromatic carbocycles. The van der Waals surface area contributed by atoms with Gasteiger partial charge >= 0.3 is 0 Å². The Kier molecular flexibility index (Phi) is 0.596. The smallest absolute Gasteiger partial charge is 0.193 e. The summed E-state index contributed by atoms with van der Waals surface area (Å²) in [5.41, 5.74) is 0. The second kappa shape index (κ2) is 0.954. The molecule has 2 nitrogen and oxygen atoms in total. The number of rotatable bonds is 0. The highest BCUT2D eigenvalue weighted by Crippen LogP contribution is 2.05. The summed E-state index contributed by atoms with van der Waals surface area (Å²) in [7, 11) is 0. The number of hydrogen-bond donors (Lipinski definition) is 0. The summed E-state index contributed by atoms with van der Waals surface area (Å²) < 4.78 is 4.38. The third-order valence-corrected chi connectivity index (χ3v) is 0.657. The summed E-state index contributed by atoms with van der Waals surface area (Å²) in [5.74, 6) is 0. The van der Waals surface area contributed by atoms with Gasteiger partial charge in [-0.25, -0.2) is 5.11 Å². The van der Waals surface area contributed by atoms with Gasteiger partial charge in [0.15, 0.2) is 6.29 Å². The van der Waals surface area contributed by atoms with E-state index < -0.39 is 6.29 Å². The minimum Gasteiger partial charge on any atom is -0.349 e. The van der Waals surface area contributed by atoms with Gasteiger partial charge in [-0.2, -0.15) is 0 Å². The van der Waals surface area contributed by atoms with Crippen molar-refractivity contribution in [3.05, 3.63) is 0 Å². The zero-order valence-corrected chi connectivity index (χ0v) is 2.81. The lowest BCUT2D eigenvalue weighted by Crippen LogP contribution is -2.23. The van der Waals surface area contributed by atoms with E-state index in [1.807, 2.05) is 0 Å². The van der Waals surface area contributed by atoms with Crippen molar-refractivity contribution in [2.24, 2.45) is 0 Å². The molecule has 0 amide bonds. The SMILES string of the molecule is [O][C@@H]1CCO1. The third kappa shape index (κ3) is 0.412. The van der Waals surface area contributed by atoms with Crippen LogP contribution in [0.15, 0.2) is 0 Å². The molecule has 0 spiro atoms. The Bertz CT molecular complexity index is 31.9. The van der Waals surface area contributed by atoms with Gasteiger partial charge in [-0.1, -0.05) is 0 Å².